The van der Waals surface area contributed by atoms with E-state index in [0.717, 1.165) is 0 Å². The van der Waals surface area contributed by atoms with Crippen molar-refractivity contribution >= 4 is 33.4 Å². The molecule has 0 aliphatic heterocycles. The van der Waals surface area contributed by atoms with E-state index in [4.69, 9.17) is 20.4 Å². The molecule has 0 atom stereocenters. The molecule has 0 unspecified atom stereocenters. The van der Waals surface area contributed by atoms with Crippen LogP contribution in [0.4, 0.5) is 5.69 Å². The third kappa shape index (κ3) is 3.05. The number of nitrogens with two attached hydrogens (primary N) is 1. The predicted octanol–water partition coefficient (Wildman–Crippen LogP) is 2.89. The largest absolute Gasteiger partial charge is 0.481 e. The van der Waals surface area contributed by atoms with Crippen molar-refractivity contribution in [1.82, 2.24) is 0 Å². The second-order valence-electron chi connectivity index (χ2n) is 3.73. The Morgan fingerprint density at radius 2 is 1.85 bits per heavy atom. The quantitative estimate of drug-likeness (QED) is 0.662. The summed E-state index contributed by atoms with van der Waals surface area (Å²) in [4.78, 5) is 23.9. The van der Waals surface area contributed by atoms with Crippen molar-refractivity contribution in [3.63, 3.8) is 0 Å². The molecule has 0 aromatic heterocycles. The molecule has 0 amide bonds. The van der Waals surface area contributed by atoms with Gasteiger partial charge in [-0.2, -0.15) is 0 Å². The molecule has 20 heavy (non-hydrogen) atoms. The number of aliphatic carboxylic acids is 1. The van der Waals surface area contributed by atoms with Crippen LogP contribution < -0.4 is 5.73 Å². The first-order valence-corrected chi connectivity index (χ1v) is 6.11. The van der Waals surface area contributed by atoms with Crippen LogP contribution in [0.5, 0.6) is 0 Å². The predicted molar refractivity (Wildman–Crippen MR) is 79.8 cm³/mol. The van der Waals surface area contributed by atoms with Gasteiger partial charge < -0.3 is 10.8 Å². The van der Waals surface area contributed by atoms with Crippen LogP contribution in [0.1, 0.15) is 31.1 Å². The van der Waals surface area contributed by atoms with Gasteiger partial charge in [0.2, 0.25) is 0 Å². The van der Waals surface area contributed by atoms with E-state index in [1.807, 2.05) is 0 Å². The minimum atomic E-state index is -1.36. The molecule has 0 radical (unpaired) electrons. The van der Waals surface area contributed by atoms with E-state index >= 15 is 0 Å². The van der Waals surface area contributed by atoms with Crippen LogP contribution >= 0.6 is 15.9 Å². The van der Waals surface area contributed by atoms with Crippen molar-refractivity contribution in [2.24, 2.45) is 0 Å². The lowest BCUT2D eigenvalue weighted by Crippen LogP contribution is -2.10. The molecule has 102 valence electrons. The Labute approximate surface area is 134 Å². The van der Waals surface area contributed by atoms with Crippen molar-refractivity contribution in [3.05, 3.63) is 63.5 Å². The van der Waals surface area contributed by atoms with Crippen LogP contribution in [0.3, 0.4) is 0 Å². The molecule has 3 N–H and O–H groups in total. The molecule has 0 fully saturated rings. The number of hydrogen-bond donors (Lipinski definition) is 2. The van der Waals surface area contributed by atoms with E-state index in [1.165, 1.54) is 0 Å². The number of hydrogen-bond acceptors (Lipinski definition) is 3. The number of ketones is 1. The van der Waals surface area contributed by atoms with Crippen LogP contribution in [0.25, 0.3) is 0 Å². The Hall–Kier alpha value is -2.14. The number of carbonyl (C=O) groups is 2. The fraction of sp³-hybridized carbons (Fsp3) is 0.0667. The average molecular weight is 341 g/mol. The third-order valence-corrected chi connectivity index (χ3v) is 2.77. The van der Waals surface area contributed by atoms with Gasteiger partial charge in [0.15, 0.2) is 5.78 Å². The minimum Gasteiger partial charge on any atom is -0.481 e. The second-order valence-corrected chi connectivity index (χ2v) is 4.52. The summed E-state index contributed by atoms with van der Waals surface area (Å²) in [5.41, 5.74) is 3.68. The van der Waals surface area contributed by atoms with Gasteiger partial charge in [0.25, 0.3) is 0 Å². The van der Waals surface area contributed by atoms with Crippen molar-refractivity contribution in [3.8, 4) is 0 Å². The highest BCUT2D eigenvalue weighted by Crippen LogP contribution is 2.22. The van der Waals surface area contributed by atoms with E-state index in [2.05, 4.69) is 15.9 Å². The summed E-state index contributed by atoms with van der Waals surface area (Å²) in [5, 5.41) is 8.97. The Morgan fingerprint density at radius 1 is 1.20 bits per heavy atom. The zero-order chi connectivity index (χ0) is 20.8. The van der Waals surface area contributed by atoms with Crippen LogP contribution in [-0.2, 0) is 11.2 Å². The SMILES string of the molecule is [2H]c1c([2H])c(CC(=O)O)c(N)c(C(=O)c2c([2H])c([2H])c(Br)c([2H])c2[2H])c1[2H]. The topological polar surface area (TPSA) is 80.4 Å². The Morgan fingerprint density at radius 3 is 2.45 bits per heavy atom. The molecular formula is C15H12BrNO3. The number of para-hydroxylation sites is 1. The van der Waals surface area contributed by atoms with Gasteiger partial charge in [0.05, 0.1) is 16.0 Å². The zero-order valence-corrected chi connectivity index (χ0v) is 11.5. The monoisotopic (exact) mass is 340 g/mol. The zero-order valence-electron chi connectivity index (χ0n) is 16.9. The molecule has 0 heterocycles. The first-order chi connectivity index (χ1) is 12.4. The van der Waals surface area contributed by atoms with Gasteiger partial charge in [0, 0.05) is 21.3 Å². The van der Waals surface area contributed by atoms with Gasteiger partial charge in [0.1, 0.15) is 0 Å². The third-order valence-electron chi connectivity index (χ3n) is 2.37. The fourth-order valence-corrected chi connectivity index (χ4v) is 1.66. The summed E-state index contributed by atoms with van der Waals surface area (Å²) >= 11 is 2.90. The maximum absolute atomic E-state index is 12.9. The van der Waals surface area contributed by atoms with E-state index in [-0.39, 0.29) is 10.0 Å². The molecule has 0 spiro atoms. The van der Waals surface area contributed by atoms with Gasteiger partial charge in [-0.15, -0.1) is 0 Å². The first-order valence-electron chi connectivity index (χ1n) is 8.82. The van der Waals surface area contributed by atoms with Crippen molar-refractivity contribution in [2.75, 3.05) is 5.73 Å². The van der Waals surface area contributed by atoms with Crippen molar-refractivity contribution in [2.45, 2.75) is 6.42 Å². The fourth-order valence-electron chi connectivity index (χ4n) is 1.46. The number of carbonyl (C=O) groups excluding carboxylic acids is 1. The summed E-state index contributed by atoms with van der Waals surface area (Å²) in [6, 6.07) is -4.46. The van der Waals surface area contributed by atoms with E-state index in [0.29, 0.717) is 0 Å². The van der Waals surface area contributed by atoms with E-state index < -0.39 is 77.3 Å². The highest BCUT2D eigenvalue weighted by molar-refractivity contribution is 9.10. The summed E-state index contributed by atoms with van der Waals surface area (Å²) in [6.45, 7) is 0. The smallest absolute Gasteiger partial charge is 0.307 e. The molecule has 4 nitrogen and oxygen atoms in total. The lowest BCUT2D eigenvalue weighted by Gasteiger charge is -2.09. The maximum Gasteiger partial charge on any atom is 0.307 e. The number of rotatable bonds is 4. The summed E-state index contributed by atoms with van der Waals surface area (Å²) in [6.07, 6.45) is -0.758. The van der Waals surface area contributed by atoms with Gasteiger partial charge >= 0.3 is 5.97 Å². The highest BCUT2D eigenvalue weighted by Gasteiger charge is 2.15. The summed E-state index contributed by atoms with van der Waals surface area (Å²) in [7, 11) is 0. The molecule has 2 aromatic rings. The molecule has 0 aliphatic rings. The molecule has 0 aliphatic carbocycles. The van der Waals surface area contributed by atoms with Gasteiger partial charge in [-0.3, -0.25) is 9.59 Å². The standard InChI is InChI=1S/C15H12BrNO3/c16-11-6-4-9(5-7-11)15(20)12-3-1-2-10(14(12)17)8-13(18)19/h1-7H,8,17H2,(H,18,19)/i1D,2D,3D,4D,5D,6D,7D. The average Bonchev–Trinajstić information content (AvgIpc) is 2.60. The van der Waals surface area contributed by atoms with E-state index in [1.54, 1.807) is 0 Å². The Kier molecular flexibility index (Phi) is 2.23. The number of carboxylic acids is 1. The van der Waals surface area contributed by atoms with Crippen LogP contribution in [0.15, 0.2) is 46.8 Å². The van der Waals surface area contributed by atoms with Gasteiger partial charge in [-0.1, -0.05) is 28.0 Å². The molecule has 0 bridgehead atoms. The highest BCUT2D eigenvalue weighted by atomic mass is 79.9. The molecule has 2 rings (SSSR count). The lowest BCUT2D eigenvalue weighted by atomic mass is 9.98. The number of halogens is 1. The normalized spacial score (nSPS) is 15.2. The van der Waals surface area contributed by atoms with Crippen LogP contribution in [-0.4, -0.2) is 16.9 Å². The minimum absolute atomic E-state index is 0.151. The van der Waals surface area contributed by atoms with Crippen molar-refractivity contribution in [1.29, 1.82) is 0 Å². The molecule has 0 saturated heterocycles. The maximum atomic E-state index is 12.9. The lowest BCUT2D eigenvalue weighted by molar-refractivity contribution is -0.136. The summed E-state index contributed by atoms with van der Waals surface area (Å²) < 4.78 is 54.8. The number of carboxylic acid groups (broad SMARTS) is 1. The molecule has 5 heteroatoms. The molecule has 2 aromatic carbocycles. The van der Waals surface area contributed by atoms with Crippen LogP contribution in [0.2, 0.25) is 0 Å². The van der Waals surface area contributed by atoms with Crippen LogP contribution in [0, 0.1) is 0 Å². The number of nitrogen functional groups attached to an aromatic ring is 1. The van der Waals surface area contributed by atoms with Gasteiger partial charge in [-0.05, 0) is 35.8 Å². The Bertz CT molecular complexity index is 981. The van der Waals surface area contributed by atoms with Crippen molar-refractivity contribution < 1.29 is 24.3 Å². The second kappa shape index (κ2) is 5.88. The summed E-state index contributed by atoms with van der Waals surface area (Å²) in [5.74, 6) is -2.51. The van der Waals surface area contributed by atoms with E-state index in [9.17, 15) is 9.59 Å². The first kappa shape index (κ1) is 7.59. The van der Waals surface area contributed by atoms with Gasteiger partial charge in [-0.25, -0.2) is 0 Å². The molecule has 0 saturated carbocycles. The molecular weight excluding hydrogens is 322 g/mol. The Balaban J connectivity index is 2.86. The number of benzene rings is 2. The number of anilines is 1.